The van der Waals surface area contributed by atoms with Crippen LogP contribution >= 0.6 is 11.8 Å². The van der Waals surface area contributed by atoms with Crippen molar-refractivity contribution < 1.29 is 47.2 Å². The van der Waals surface area contributed by atoms with Gasteiger partial charge in [0.1, 0.15) is 74.4 Å². The van der Waals surface area contributed by atoms with Gasteiger partial charge < -0.3 is 52.9 Å². The molecule has 1 amide bonds. The van der Waals surface area contributed by atoms with E-state index in [1.807, 2.05) is 134 Å². The second-order valence-corrected chi connectivity index (χ2v) is 17.8. The third kappa shape index (κ3) is 12.6. The molecule has 0 unspecified atom stereocenters. The molecule has 0 saturated heterocycles. The Balaban J connectivity index is 1.34. The van der Waals surface area contributed by atoms with Crippen LogP contribution in [0.2, 0.25) is 0 Å². The van der Waals surface area contributed by atoms with Crippen molar-refractivity contribution in [2.24, 2.45) is 0 Å². The lowest BCUT2D eigenvalue weighted by Crippen LogP contribution is -2.36. The first kappa shape index (κ1) is 50.5. The lowest BCUT2D eigenvalue weighted by atomic mass is 9.92. The Kier molecular flexibility index (Phi) is 17.1. The molecule has 366 valence electrons. The number of thioether (sulfide) groups is 1. The third-order valence-electron chi connectivity index (χ3n) is 11.7. The van der Waals surface area contributed by atoms with Gasteiger partial charge in [-0.05, 0) is 84.8 Å². The molecule has 0 aromatic heterocycles. The smallest absolute Gasteiger partial charge is 0.325 e. The number of carbonyl (C=O) groups excluding carboxylic acids is 3. The number of benzene rings is 5. The number of aryl methyl sites for hydroxylation is 1. The van der Waals surface area contributed by atoms with Gasteiger partial charge in [0.05, 0.1) is 44.9 Å². The zero-order valence-corrected chi connectivity index (χ0v) is 41.5. The number of nitrogens with zero attached hydrogens (tertiary/aromatic N) is 5. The Morgan fingerprint density at radius 2 is 1.49 bits per heavy atom. The summed E-state index contributed by atoms with van der Waals surface area (Å²) in [6.45, 7) is 2.96. The molecule has 0 radical (unpaired) electrons. The molecule has 0 bridgehead atoms. The Bertz CT molecular complexity index is 2910. The number of amides is 1. The molecule has 2 aliphatic heterocycles. The Morgan fingerprint density at radius 3 is 2.14 bits per heavy atom. The number of hydrogen-bond donors (Lipinski definition) is 1. The molecular weight excluding hydrogens is 913 g/mol. The molecule has 0 saturated carbocycles. The van der Waals surface area contributed by atoms with Gasteiger partial charge >= 0.3 is 11.9 Å². The summed E-state index contributed by atoms with van der Waals surface area (Å²) >= 11 is 1.09. The lowest BCUT2D eigenvalue weighted by Gasteiger charge is -2.28. The molecule has 4 aromatic carbocycles. The van der Waals surface area contributed by atoms with Crippen molar-refractivity contribution in [2.75, 3.05) is 123 Å². The summed E-state index contributed by atoms with van der Waals surface area (Å²) in [5, 5.41) is 15.8. The topological polar surface area (TPSA) is 168 Å². The zero-order chi connectivity index (χ0) is 49.7. The predicted molar refractivity (Wildman–Crippen MR) is 271 cm³/mol. The zero-order valence-electron chi connectivity index (χ0n) is 40.7. The number of nitrogens with one attached hydrogen (secondary N) is 1. The van der Waals surface area contributed by atoms with Crippen LogP contribution in [0.15, 0.2) is 100 Å². The van der Waals surface area contributed by atoms with Crippen LogP contribution < -0.4 is 44.2 Å². The summed E-state index contributed by atoms with van der Waals surface area (Å²) in [4.78, 5) is 46.0. The van der Waals surface area contributed by atoms with Gasteiger partial charge in [0.2, 0.25) is 5.36 Å². The minimum Gasteiger partial charge on any atom is -0.488 e. The highest BCUT2D eigenvalue weighted by Crippen LogP contribution is 2.48. The molecule has 7 rings (SSSR count). The van der Waals surface area contributed by atoms with Crippen molar-refractivity contribution in [2.45, 2.75) is 18.2 Å². The number of esters is 2. The largest absolute Gasteiger partial charge is 0.488 e. The van der Waals surface area contributed by atoms with Gasteiger partial charge in [-0.25, -0.2) is 4.58 Å². The van der Waals surface area contributed by atoms with E-state index in [1.54, 1.807) is 11.0 Å². The van der Waals surface area contributed by atoms with Crippen molar-refractivity contribution in [3.63, 3.8) is 0 Å². The van der Waals surface area contributed by atoms with E-state index >= 15 is 0 Å². The number of nitriles is 1. The number of fused-ring (bicyclic) bond motifs is 4. The molecule has 70 heavy (non-hydrogen) atoms. The van der Waals surface area contributed by atoms with Crippen LogP contribution in [0.4, 0.5) is 17.1 Å². The first-order valence-electron chi connectivity index (χ1n) is 22.8. The van der Waals surface area contributed by atoms with Crippen molar-refractivity contribution in [3.8, 4) is 45.1 Å². The summed E-state index contributed by atoms with van der Waals surface area (Å²) < 4.78 is 44.9. The van der Waals surface area contributed by atoms with Gasteiger partial charge in [-0.2, -0.15) is 5.26 Å². The quantitative estimate of drug-likeness (QED) is 0.0446. The number of methoxy groups -OCH3 is 2. The molecule has 17 heteroatoms. The first-order chi connectivity index (χ1) is 33.8. The summed E-state index contributed by atoms with van der Waals surface area (Å²) in [5.74, 6) is 0.680. The average Bonchev–Trinajstić information content (AvgIpc) is 3.35. The van der Waals surface area contributed by atoms with Gasteiger partial charge in [-0.1, -0.05) is 18.2 Å². The third-order valence-corrected chi connectivity index (χ3v) is 12.3. The predicted octanol–water partition coefficient (Wildman–Crippen LogP) is 6.37. The highest BCUT2D eigenvalue weighted by atomic mass is 32.2. The van der Waals surface area contributed by atoms with E-state index in [2.05, 4.69) is 10.7 Å². The molecule has 4 aromatic rings. The van der Waals surface area contributed by atoms with E-state index in [1.165, 1.54) is 14.2 Å². The van der Waals surface area contributed by atoms with E-state index in [9.17, 15) is 14.4 Å². The van der Waals surface area contributed by atoms with Crippen LogP contribution in [0.25, 0.3) is 33.4 Å². The fourth-order valence-corrected chi connectivity index (χ4v) is 8.40. The molecule has 3 aliphatic rings. The van der Waals surface area contributed by atoms with Gasteiger partial charge in [0.25, 0.3) is 5.91 Å². The van der Waals surface area contributed by atoms with Crippen LogP contribution in [-0.4, -0.2) is 126 Å². The van der Waals surface area contributed by atoms with Gasteiger partial charge in [-0.15, -0.1) is 0 Å². The van der Waals surface area contributed by atoms with E-state index < -0.39 is 11.9 Å². The maximum Gasteiger partial charge on any atom is 0.325 e. The van der Waals surface area contributed by atoms with Gasteiger partial charge in [-0.3, -0.25) is 14.4 Å². The average molecular weight is 972 g/mol. The standard InChI is InChI=1S/C53H58N6O10S/c1-35-8-17-43-48(26-35)66-24-25-67-49-29-42(53-40-15-11-37(56(2)3)27-46(40)69-47-28-38(57(4)5)12-16-41(47)53)45(68-33-50(60)55-19-18-36-9-13-39(14-10-36)70-34-54)30-44(49)59(32-52(62)64-7)21-23-65-22-20-58(43)31-51(61)63-6/h8-17,26-30H,18-25,31-33H2,1-7H3/p+1. The van der Waals surface area contributed by atoms with E-state index in [4.69, 9.17) is 38.1 Å². The minimum absolute atomic E-state index is 0.0282. The molecular formula is C53H59N6O10S+. The Labute approximate surface area is 412 Å². The van der Waals surface area contributed by atoms with E-state index in [-0.39, 0.29) is 58.6 Å². The van der Waals surface area contributed by atoms with Crippen LogP contribution in [0, 0.1) is 17.6 Å². The highest BCUT2D eigenvalue weighted by Gasteiger charge is 2.27. The number of rotatable bonds is 13. The SMILES string of the molecule is COC(=O)CN1CCOCCN(CC(=O)OC)c2cc(OCC(=O)NCCc3ccc(SC#N)cc3)c(-c3c4ccc(=[N+](C)C)cc-4oc4cc(N(C)C)ccc34)cc2OCCOc2cc(C)ccc21. The van der Waals surface area contributed by atoms with Gasteiger partial charge in [0.15, 0.2) is 6.61 Å². The first-order valence-corrected chi connectivity index (χ1v) is 23.7. The second kappa shape index (κ2) is 23.7. The van der Waals surface area contributed by atoms with Crippen molar-refractivity contribution in [1.29, 1.82) is 5.26 Å². The summed E-state index contributed by atoms with van der Waals surface area (Å²) in [7, 11) is 10.6. The van der Waals surface area contributed by atoms with Crippen molar-refractivity contribution >= 4 is 57.6 Å². The maximum atomic E-state index is 13.7. The lowest BCUT2D eigenvalue weighted by molar-refractivity contribution is -0.139. The fraction of sp³-hybridized carbons (Fsp3) is 0.340. The number of anilines is 3. The number of ether oxygens (including phenoxy) is 6. The van der Waals surface area contributed by atoms with Crippen LogP contribution in [-0.2, 0) is 35.0 Å². The summed E-state index contributed by atoms with van der Waals surface area (Å²) in [5.41, 5.74) is 6.88. The summed E-state index contributed by atoms with van der Waals surface area (Å²) in [6, 6.07) is 29.1. The Morgan fingerprint density at radius 1 is 0.800 bits per heavy atom. The molecule has 16 nitrogen and oxygen atoms in total. The van der Waals surface area contributed by atoms with Crippen LogP contribution in [0.3, 0.4) is 0 Å². The molecule has 1 aliphatic carbocycles. The highest BCUT2D eigenvalue weighted by molar-refractivity contribution is 8.03. The molecule has 1 N–H and O–H groups in total. The van der Waals surface area contributed by atoms with Gasteiger partial charge in [0, 0.05) is 84.6 Å². The normalized spacial score (nSPS) is 13.1. The monoisotopic (exact) mass is 971 g/mol. The molecule has 0 spiro atoms. The fourth-order valence-electron chi connectivity index (χ4n) is 8.02. The van der Waals surface area contributed by atoms with E-state index in [0.717, 1.165) is 55.3 Å². The van der Waals surface area contributed by atoms with Crippen molar-refractivity contribution in [1.82, 2.24) is 9.89 Å². The number of hydrogen-bond acceptors (Lipinski definition) is 15. The van der Waals surface area contributed by atoms with E-state index in [0.29, 0.717) is 65.0 Å². The van der Waals surface area contributed by atoms with Crippen molar-refractivity contribution in [3.05, 3.63) is 107 Å². The second-order valence-electron chi connectivity index (χ2n) is 16.9. The summed E-state index contributed by atoms with van der Waals surface area (Å²) in [6.07, 6.45) is 0.572. The van der Waals surface area contributed by atoms with Crippen LogP contribution in [0.1, 0.15) is 11.1 Å². The molecule has 0 atom stereocenters. The minimum atomic E-state index is -0.498. The maximum absolute atomic E-state index is 13.7. The number of thiocyanates is 1. The molecule has 2 heterocycles. The Hall–Kier alpha value is -7.42. The van der Waals surface area contributed by atoms with Crippen LogP contribution in [0.5, 0.6) is 17.2 Å². The number of carbonyl (C=O) groups is 3. The molecule has 0 fully saturated rings.